The van der Waals surface area contributed by atoms with Crippen LogP contribution in [0.25, 0.3) is 0 Å². The molecule has 2 N–H and O–H groups in total. The molecular formula is C12H11NO5S. The number of nitrogens with zero attached hydrogens (tertiary/aromatic N) is 1. The van der Waals surface area contributed by atoms with Gasteiger partial charge in [-0.2, -0.15) is 0 Å². The van der Waals surface area contributed by atoms with Gasteiger partial charge in [-0.05, 0) is 12.1 Å². The normalized spacial score (nSPS) is 18.0. The fourth-order valence-electron chi connectivity index (χ4n) is 1.86. The van der Waals surface area contributed by atoms with E-state index < -0.39 is 29.6 Å². The molecule has 0 saturated carbocycles. The van der Waals surface area contributed by atoms with Gasteiger partial charge in [0.15, 0.2) is 0 Å². The molecule has 100 valence electrons. The van der Waals surface area contributed by atoms with Crippen LogP contribution >= 0.6 is 11.8 Å². The SMILES string of the molecule is O=C(O)CC1Sc2ccccc2N(CC(=O)O)C1=O. The molecule has 0 aromatic heterocycles. The first kappa shape index (κ1) is 13.4. The van der Waals surface area contributed by atoms with E-state index in [1.807, 2.05) is 0 Å². The molecule has 1 aliphatic heterocycles. The van der Waals surface area contributed by atoms with Crippen LogP contribution in [0.5, 0.6) is 0 Å². The van der Waals surface area contributed by atoms with Crippen molar-refractivity contribution in [1.82, 2.24) is 0 Å². The smallest absolute Gasteiger partial charge is 0.323 e. The third kappa shape index (κ3) is 2.87. The Bertz CT molecular complexity index is 545. The quantitative estimate of drug-likeness (QED) is 0.856. The molecular weight excluding hydrogens is 270 g/mol. The molecule has 19 heavy (non-hydrogen) atoms. The third-order valence-corrected chi connectivity index (χ3v) is 3.87. The monoisotopic (exact) mass is 281 g/mol. The van der Waals surface area contributed by atoms with Gasteiger partial charge in [0.1, 0.15) is 6.54 Å². The Morgan fingerprint density at radius 1 is 1.21 bits per heavy atom. The molecule has 1 aromatic rings. The maximum Gasteiger partial charge on any atom is 0.323 e. The molecule has 0 saturated heterocycles. The van der Waals surface area contributed by atoms with Crippen molar-refractivity contribution in [2.24, 2.45) is 0 Å². The van der Waals surface area contributed by atoms with Crippen LogP contribution in [0, 0.1) is 0 Å². The highest BCUT2D eigenvalue weighted by atomic mass is 32.2. The summed E-state index contributed by atoms with van der Waals surface area (Å²) in [5.74, 6) is -2.70. The largest absolute Gasteiger partial charge is 0.481 e. The molecule has 2 rings (SSSR count). The molecule has 1 aliphatic rings. The minimum absolute atomic E-state index is 0.325. The number of fused-ring (bicyclic) bond motifs is 1. The Hall–Kier alpha value is -2.02. The number of anilines is 1. The van der Waals surface area contributed by atoms with Gasteiger partial charge >= 0.3 is 11.9 Å². The first-order valence-corrected chi connectivity index (χ1v) is 6.37. The summed E-state index contributed by atoms with van der Waals surface area (Å²) in [5, 5.41) is 16.9. The van der Waals surface area contributed by atoms with E-state index >= 15 is 0 Å². The number of carboxylic acid groups (broad SMARTS) is 2. The van der Waals surface area contributed by atoms with Crippen LogP contribution in [-0.4, -0.2) is 39.9 Å². The highest BCUT2D eigenvalue weighted by Gasteiger charge is 2.35. The van der Waals surface area contributed by atoms with E-state index in [4.69, 9.17) is 10.2 Å². The van der Waals surface area contributed by atoms with Crippen LogP contribution in [0.1, 0.15) is 6.42 Å². The number of benzene rings is 1. The van der Waals surface area contributed by atoms with Crippen molar-refractivity contribution >= 4 is 35.3 Å². The molecule has 0 aliphatic carbocycles. The van der Waals surface area contributed by atoms with E-state index in [-0.39, 0.29) is 6.42 Å². The van der Waals surface area contributed by atoms with Gasteiger partial charge in [0.2, 0.25) is 5.91 Å². The Kier molecular flexibility index (Phi) is 3.75. The highest BCUT2D eigenvalue weighted by molar-refractivity contribution is 8.01. The number of thioether (sulfide) groups is 1. The number of carbonyl (C=O) groups is 3. The fourth-order valence-corrected chi connectivity index (χ4v) is 3.08. The summed E-state index contributed by atoms with van der Waals surface area (Å²) in [6.45, 7) is -0.466. The molecule has 1 unspecified atom stereocenters. The fraction of sp³-hybridized carbons (Fsp3) is 0.250. The second-order valence-corrected chi connectivity index (χ2v) is 5.23. The number of hydrogen-bond acceptors (Lipinski definition) is 4. The van der Waals surface area contributed by atoms with E-state index in [9.17, 15) is 14.4 Å². The standard InChI is InChI=1S/C12H11NO5S/c14-10(15)5-9-12(18)13(6-11(16)17)7-3-1-2-4-8(7)19-9/h1-4,9H,5-6H2,(H,14,15)(H,16,17). The van der Waals surface area contributed by atoms with E-state index in [1.165, 1.54) is 0 Å². The molecule has 1 heterocycles. The van der Waals surface area contributed by atoms with Gasteiger partial charge < -0.3 is 10.2 Å². The minimum Gasteiger partial charge on any atom is -0.481 e. The summed E-state index contributed by atoms with van der Waals surface area (Å²) in [5.41, 5.74) is 0.515. The lowest BCUT2D eigenvalue weighted by atomic mass is 10.2. The summed E-state index contributed by atoms with van der Waals surface area (Å²) < 4.78 is 0. The zero-order valence-corrected chi connectivity index (χ0v) is 10.6. The molecule has 0 bridgehead atoms. The molecule has 1 atom stereocenters. The van der Waals surface area contributed by atoms with E-state index in [2.05, 4.69) is 0 Å². The Labute approximate surface area is 113 Å². The molecule has 1 aromatic carbocycles. The molecule has 0 spiro atoms. The predicted molar refractivity (Wildman–Crippen MR) is 68.3 cm³/mol. The second-order valence-electron chi connectivity index (χ2n) is 3.99. The topological polar surface area (TPSA) is 94.9 Å². The van der Waals surface area contributed by atoms with Gasteiger partial charge in [0, 0.05) is 4.90 Å². The summed E-state index contributed by atoms with van der Waals surface area (Å²) in [4.78, 5) is 35.6. The first-order valence-electron chi connectivity index (χ1n) is 5.49. The number of aliphatic carboxylic acids is 2. The number of rotatable bonds is 4. The van der Waals surface area contributed by atoms with Crippen molar-refractivity contribution in [3.63, 3.8) is 0 Å². The van der Waals surface area contributed by atoms with Crippen molar-refractivity contribution < 1.29 is 24.6 Å². The average Bonchev–Trinajstić information content (AvgIpc) is 2.33. The maximum absolute atomic E-state index is 12.1. The van der Waals surface area contributed by atoms with Crippen LogP contribution in [0.4, 0.5) is 5.69 Å². The summed E-state index contributed by atoms with van der Waals surface area (Å²) in [7, 11) is 0. The van der Waals surface area contributed by atoms with Crippen LogP contribution in [0.2, 0.25) is 0 Å². The van der Waals surface area contributed by atoms with Gasteiger partial charge in [-0.1, -0.05) is 12.1 Å². The van der Waals surface area contributed by atoms with Crippen LogP contribution in [0.15, 0.2) is 29.2 Å². The van der Waals surface area contributed by atoms with E-state index in [0.29, 0.717) is 5.69 Å². The number of hydrogen-bond donors (Lipinski definition) is 2. The zero-order chi connectivity index (χ0) is 14.0. The highest BCUT2D eigenvalue weighted by Crippen LogP contribution is 2.39. The van der Waals surface area contributed by atoms with Gasteiger partial charge in [-0.15, -0.1) is 11.8 Å². The third-order valence-electron chi connectivity index (χ3n) is 2.62. The van der Waals surface area contributed by atoms with Gasteiger partial charge in [-0.3, -0.25) is 19.3 Å². The molecule has 0 fully saturated rings. The number of para-hydroxylation sites is 1. The Morgan fingerprint density at radius 3 is 2.53 bits per heavy atom. The van der Waals surface area contributed by atoms with E-state index in [0.717, 1.165) is 21.6 Å². The predicted octanol–water partition coefficient (Wildman–Crippen LogP) is 1.05. The number of carboxylic acids is 2. The van der Waals surface area contributed by atoms with Crippen molar-refractivity contribution in [2.45, 2.75) is 16.6 Å². The lowest BCUT2D eigenvalue weighted by molar-refractivity contribution is -0.138. The van der Waals surface area contributed by atoms with Crippen molar-refractivity contribution in [1.29, 1.82) is 0 Å². The molecule has 6 nitrogen and oxygen atoms in total. The Balaban J connectivity index is 2.36. The average molecular weight is 281 g/mol. The Morgan fingerprint density at radius 2 is 1.89 bits per heavy atom. The second kappa shape index (κ2) is 5.31. The van der Waals surface area contributed by atoms with Crippen LogP contribution in [-0.2, 0) is 14.4 Å². The lowest BCUT2D eigenvalue weighted by Gasteiger charge is -2.32. The van der Waals surface area contributed by atoms with Crippen LogP contribution in [0.3, 0.4) is 0 Å². The van der Waals surface area contributed by atoms with Gasteiger partial charge in [0.25, 0.3) is 0 Å². The lowest BCUT2D eigenvalue weighted by Crippen LogP contribution is -2.44. The van der Waals surface area contributed by atoms with Gasteiger partial charge in [0.05, 0.1) is 17.4 Å². The van der Waals surface area contributed by atoms with Gasteiger partial charge in [-0.25, -0.2) is 0 Å². The maximum atomic E-state index is 12.1. The van der Waals surface area contributed by atoms with Crippen molar-refractivity contribution in [3.05, 3.63) is 24.3 Å². The molecule has 7 heteroatoms. The number of carbonyl (C=O) groups excluding carboxylic acids is 1. The summed E-state index contributed by atoms with van der Waals surface area (Å²) in [6.07, 6.45) is -0.325. The zero-order valence-electron chi connectivity index (χ0n) is 9.78. The van der Waals surface area contributed by atoms with Crippen molar-refractivity contribution in [3.8, 4) is 0 Å². The van der Waals surface area contributed by atoms with E-state index in [1.54, 1.807) is 24.3 Å². The first-order chi connectivity index (χ1) is 8.99. The number of amides is 1. The molecule has 0 radical (unpaired) electrons. The summed E-state index contributed by atoms with van der Waals surface area (Å²) in [6, 6.07) is 6.87. The summed E-state index contributed by atoms with van der Waals surface area (Å²) >= 11 is 1.16. The van der Waals surface area contributed by atoms with Crippen LogP contribution < -0.4 is 4.90 Å². The molecule has 1 amide bonds. The van der Waals surface area contributed by atoms with Crippen molar-refractivity contribution in [2.75, 3.05) is 11.4 Å². The minimum atomic E-state index is -1.14.